The lowest BCUT2D eigenvalue weighted by Crippen LogP contribution is -2.55. The number of primary amides is 1. The molecule has 3 atom stereocenters. The number of likely N-dealkylation sites (N-methyl/N-ethyl adjacent to an activating group) is 1. The van der Waals surface area contributed by atoms with E-state index in [4.69, 9.17) is 27.3 Å². The highest BCUT2D eigenvalue weighted by Crippen LogP contribution is 2.29. The molecule has 0 aliphatic heterocycles. The minimum atomic E-state index is -4.46. The fourth-order valence-electron chi connectivity index (χ4n) is 5.66. The first-order valence-electron chi connectivity index (χ1n) is 17.5. The molecular formula is C39H44F3N7O6S. The van der Waals surface area contributed by atoms with Crippen LogP contribution >= 0.6 is 0 Å². The standard InChI is InChI=1S/C39H44F3N7O6S/c1-49(56(53,54)31-7-3-2-4-8-31)33(23-25-10-14-28(15-11-25)35(44)45)38(52)47-32(9-5-6-22-43)37(51)48-34(36(46)50)27-16-20-30(21-17-27)55-24-26-12-18-29(19-13-26)39(40,41)42/h2-4,7-8,10-21,32-34H,5-6,9,22-24,43H2,1H3,(H3,44,45)(H2,46,50)(H,47,52)(H,48,51)/t32-,33-,34+/m0/s1. The molecule has 9 N–H and O–H groups in total. The molecule has 0 bridgehead atoms. The number of benzene rings is 4. The number of ether oxygens (including phenoxy) is 1. The Morgan fingerprint density at radius 3 is 1.98 bits per heavy atom. The number of halogens is 3. The first-order valence-corrected chi connectivity index (χ1v) is 18.9. The maximum absolute atomic E-state index is 14.1. The van der Waals surface area contributed by atoms with E-state index in [1.165, 1.54) is 55.6 Å². The molecule has 0 saturated heterocycles. The maximum Gasteiger partial charge on any atom is 0.416 e. The zero-order chi connectivity index (χ0) is 41.0. The van der Waals surface area contributed by atoms with Crippen molar-refractivity contribution in [2.24, 2.45) is 17.2 Å². The van der Waals surface area contributed by atoms with E-state index in [0.717, 1.165) is 16.4 Å². The highest BCUT2D eigenvalue weighted by Gasteiger charge is 2.36. The van der Waals surface area contributed by atoms with E-state index in [2.05, 4.69) is 10.6 Å². The average Bonchev–Trinajstić information content (AvgIpc) is 3.18. The van der Waals surface area contributed by atoms with E-state index in [0.29, 0.717) is 41.8 Å². The van der Waals surface area contributed by atoms with Crippen molar-refractivity contribution >= 4 is 33.6 Å². The van der Waals surface area contributed by atoms with Gasteiger partial charge in [0.2, 0.25) is 27.7 Å². The predicted molar refractivity (Wildman–Crippen MR) is 203 cm³/mol. The molecule has 0 unspecified atom stereocenters. The Bertz CT molecular complexity index is 2070. The van der Waals surface area contributed by atoms with Crippen molar-refractivity contribution in [3.8, 4) is 5.75 Å². The molecule has 0 heterocycles. The lowest BCUT2D eigenvalue weighted by Gasteiger charge is -2.29. The van der Waals surface area contributed by atoms with Gasteiger partial charge in [0, 0.05) is 12.6 Å². The first kappa shape index (κ1) is 43.0. The summed E-state index contributed by atoms with van der Waals surface area (Å²) in [6, 6.07) is 20.5. The van der Waals surface area contributed by atoms with Crippen molar-refractivity contribution in [3.05, 3.63) is 131 Å². The Morgan fingerprint density at radius 2 is 1.43 bits per heavy atom. The number of amidine groups is 1. The third kappa shape index (κ3) is 11.6. The molecule has 13 nitrogen and oxygen atoms in total. The summed E-state index contributed by atoms with van der Waals surface area (Å²) in [4.78, 5) is 40.5. The van der Waals surface area contributed by atoms with Crippen molar-refractivity contribution in [2.75, 3.05) is 13.6 Å². The van der Waals surface area contributed by atoms with Gasteiger partial charge in [-0.05, 0) is 85.3 Å². The van der Waals surface area contributed by atoms with Gasteiger partial charge in [0.15, 0.2) is 0 Å². The molecule has 0 radical (unpaired) electrons. The number of sulfonamides is 1. The van der Waals surface area contributed by atoms with E-state index in [-0.39, 0.29) is 35.7 Å². The minimum absolute atomic E-state index is 0.0375. The van der Waals surface area contributed by atoms with Gasteiger partial charge in [-0.1, -0.05) is 66.7 Å². The lowest BCUT2D eigenvalue weighted by atomic mass is 10.0. The van der Waals surface area contributed by atoms with Crippen LogP contribution in [0.25, 0.3) is 0 Å². The van der Waals surface area contributed by atoms with Gasteiger partial charge in [-0.2, -0.15) is 17.5 Å². The fourth-order valence-corrected chi connectivity index (χ4v) is 7.00. The summed E-state index contributed by atoms with van der Waals surface area (Å²) in [5, 5.41) is 13.0. The number of nitrogens with one attached hydrogen (secondary N) is 3. The number of carbonyl (C=O) groups excluding carboxylic acids is 3. The molecule has 4 aromatic carbocycles. The van der Waals surface area contributed by atoms with Crippen LogP contribution in [0.15, 0.2) is 108 Å². The zero-order valence-electron chi connectivity index (χ0n) is 30.5. The van der Waals surface area contributed by atoms with E-state index in [1.807, 2.05) is 0 Å². The van der Waals surface area contributed by atoms with Crippen molar-refractivity contribution in [2.45, 2.75) is 61.5 Å². The van der Waals surface area contributed by atoms with Crippen LogP contribution in [-0.2, 0) is 43.6 Å². The van der Waals surface area contributed by atoms with E-state index in [9.17, 15) is 36.0 Å². The molecule has 0 aliphatic carbocycles. The van der Waals surface area contributed by atoms with Crippen molar-refractivity contribution in [1.29, 1.82) is 5.41 Å². The highest BCUT2D eigenvalue weighted by atomic mass is 32.2. The minimum Gasteiger partial charge on any atom is -0.489 e. The van der Waals surface area contributed by atoms with Crippen LogP contribution in [0.5, 0.6) is 5.75 Å². The second kappa shape index (κ2) is 19.2. The summed E-state index contributed by atoms with van der Waals surface area (Å²) < 4.78 is 72.7. The SMILES string of the molecule is CN([C@@H](Cc1ccc(C(=N)N)cc1)C(=O)N[C@@H](CCCCN)C(=O)N[C@@H](C(N)=O)c1ccc(OCc2ccc(C(F)(F)F)cc2)cc1)S(=O)(=O)c1ccccc1. The van der Waals surface area contributed by atoms with E-state index in [1.54, 1.807) is 42.5 Å². The monoisotopic (exact) mass is 795 g/mol. The van der Waals surface area contributed by atoms with Gasteiger partial charge in [0.05, 0.1) is 10.5 Å². The summed E-state index contributed by atoms with van der Waals surface area (Å²) >= 11 is 0. The molecule has 17 heteroatoms. The number of hydrogen-bond acceptors (Lipinski definition) is 8. The summed E-state index contributed by atoms with van der Waals surface area (Å²) in [7, 11) is -2.95. The van der Waals surface area contributed by atoms with Crippen molar-refractivity contribution in [1.82, 2.24) is 14.9 Å². The molecule has 3 amide bonds. The molecular weight excluding hydrogens is 752 g/mol. The Kier molecular flexibility index (Phi) is 14.7. The van der Waals surface area contributed by atoms with E-state index < -0.39 is 57.6 Å². The Hall–Kier alpha value is -5.78. The van der Waals surface area contributed by atoms with Crippen molar-refractivity contribution in [3.63, 3.8) is 0 Å². The fraction of sp³-hybridized carbons (Fsp3) is 0.282. The number of alkyl halides is 3. The van der Waals surface area contributed by atoms with Crippen LogP contribution in [0.1, 0.15) is 53.1 Å². The lowest BCUT2D eigenvalue weighted by molar-refractivity contribution is -0.137. The Balaban J connectivity index is 1.54. The molecule has 0 saturated carbocycles. The second-order valence-electron chi connectivity index (χ2n) is 12.9. The number of hydrogen-bond donors (Lipinski definition) is 6. The summed E-state index contributed by atoms with van der Waals surface area (Å²) in [5.74, 6) is -2.31. The molecule has 298 valence electrons. The third-order valence-corrected chi connectivity index (χ3v) is 10.8. The van der Waals surface area contributed by atoms with Gasteiger partial charge in [-0.3, -0.25) is 19.8 Å². The number of nitrogens with zero attached hydrogens (tertiary/aromatic N) is 1. The number of rotatable bonds is 19. The number of amides is 3. The Labute approximate surface area is 322 Å². The van der Waals surface area contributed by atoms with E-state index >= 15 is 0 Å². The number of carbonyl (C=O) groups is 3. The molecule has 4 aromatic rings. The third-order valence-electron chi connectivity index (χ3n) is 8.91. The van der Waals surface area contributed by atoms with Crippen LogP contribution < -0.4 is 32.6 Å². The molecule has 0 aromatic heterocycles. The second-order valence-corrected chi connectivity index (χ2v) is 14.9. The molecule has 0 fully saturated rings. The quantitative estimate of drug-likeness (QED) is 0.0465. The molecule has 4 rings (SSSR count). The van der Waals surface area contributed by atoms with Gasteiger partial charge >= 0.3 is 6.18 Å². The number of nitrogens with two attached hydrogens (primary N) is 3. The van der Waals surface area contributed by atoms with Gasteiger partial charge < -0.3 is 32.6 Å². The van der Waals surface area contributed by atoms with Crippen LogP contribution in [0.4, 0.5) is 13.2 Å². The largest absolute Gasteiger partial charge is 0.489 e. The van der Waals surface area contributed by atoms with Gasteiger partial charge in [-0.25, -0.2) is 8.42 Å². The first-order chi connectivity index (χ1) is 26.5. The van der Waals surface area contributed by atoms with Gasteiger partial charge in [0.1, 0.15) is 36.3 Å². The van der Waals surface area contributed by atoms with Gasteiger partial charge in [-0.15, -0.1) is 0 Å². The number of nitrogen functional groups attached to an aromatic ring is 1. The summed E-state index contributed by atoms with van der Waals surface area (Å²) in [6.45, 7) is 0.265. The normalized spacial score (nSPS) is 13.3. The van der Waals surface area contributed by atoms with Crippen LogP contribution in [-0.4, -0.2) is 62.0 Å². The summed E-state index contributed by atoms with van der Waals surface area (Å²) in [6.07, 6.45) is -3.58. The number of unbranched alkanes of at least 4 members (excludes halogenated alkanes) is 1. The average molecular weight is 796 g/mol. The topological polar surface area (TPSA) is 224 Å². The predicted octanol–water partition coefficient (Wildman–Crippen LogP) is 3.76. The summed E-state index contributed by atoms with van der Waals surface area (Å²) in [5.41, 5.74) is 17.9. The van der Waals surface area contributed by atoms with Crippen LogP contribution in [0.3, 0.4) is 0 Å². The molecule has 56 heavy (non-hydrogen) atoms. The highest BCUT2D eigenvalue weighted by molar-refractivity contribution is 7.89. The molecule has 0 spiro atoms. The van der Waals surface area contributed by atoms with Gasteiger partial charge in [0.25, 0.3) is 0 Å². The van der Waals surface area contributed by atoms with Crippen molar-refractivity contribution < 1.29 is 40.7 Å². The smallest absolute Gasteiger partial charge is 0.416 e. The molecule has 0 aliphatic rings. The van der Waals surface area contributed by atoms with Crippen LogP contribution in [0.2, 0.25) is 0 Å². The Morgan fingerprint density at radius 1 is 0.821 bits per heavy atom. The zero-order valence-corrected chi connectivity index (χ0v) is 31.3. The maximum atomic E-state index is 14.1. The van der Waals surface area contributed by atoms with Crippen LogP contribution in [0, 0.1) is 5.41 Å².